The van der Waals surface area contributed by atoms with Gasteiger partial charge in [0.05, 0.1) is 6.26 Å². The van der Waals surface area contributed by atoms with Crippen LogP contribution in [-0.4, -0.2) is 26.1 Å². The van der Waals surface area contributed by atoms with Gasteiger partial charge >= 0.3 is 0 Å². The number of hydrogen-bond donors (Lipinski definition) is 2. The first-order valence-electron chi connectivity index (χ1n) is 7.76. The molecule has 0 spiro atoms. The Bertz CT molecular complexity index is 400. The van der Waals surface area contributed by atoms with E-state index in [2.05, 4.69) is 22.5 Å². The minimum atomic E-state index is 0.785. The zero-order valence-corrected chi connectivity index (χ0v) is 12.7. The number of rotatable bonds is 5. The molecule has 4 nitrogen and oxygen atoms in total. The van der Waals surface area contributed by atoms with Gasteiger partial charge in [-0.2, -0.15) is 0 Å². The Kier molecular flexibility index (Phi) is 5.96. The standard InChI is InChI=1S/C16H27N3O/c1-13-6-3-4-7-14(13)12-19-16(17-2)18-10-9-15-8-5-11-20-15/h5,8,11,13-14H,3-4,6-7,9-10,12H2,1-2H3,(H2,17,18,19). The van der Waals surface area contributed by atoms with Gasteiger partial charge in [-0.3, -0.25) is 4.99 Å². The van der Waals surface area contributed by atoms with Crippen LogP contribution < -0.4 is 10.6 Å². The minimum absolute atomic E-state index is 0.785. The molecule has 2 rings (SSSR count). The number of nitrogens with one attached hydrogen (secondary N) is 2. The van der Waals surface area contributed by atoms with Crippen LogP contribution in [0.3, 0.4) is 0 Å². The summed E-state index contributed by atoms with van der Waals surface area (Å²) in [5.41, 5.74) is 0. The summed E-state index contributed by atoms with van der Waals surface area (Å²) in [7, 11) is 1.83. The van der Waals surface area contributed by atoms with Crippen LogP contribution in [0.1, 0.15) is 38.4 Å². The summed E-state index contributed by atoms with van der Waals surface area (Å²) in [4.78, 5) is 4.28. The quantitative estimate of drug-likeness (QED) is 0.643. The Morgan fingerprint density at radius 2 is 2.20 bits per heavy atom. The molecule has 1 aliphatic rings. The third-order valence-electron chi connectivity index (χ3n) is 4.29. The SMILES string of the molecule is CN=C(NCCc1ccco1)NCC1CCCCC1C. The predicted molar refractivity (Wildman–Crippen MR) is 82.9 cm³/mol. The number of furan rings is 1. The lowest BCUT2D eigenvalue weighted by Gasteiger charge is -2.29. The summed E-state index contributed by atoms with van der Waals surface area (Å²) >= 11 is 0. The van der Waals surface area contributed by atoms with E-state index in [-0.39, 0.29) is 0 Å². The summed E-state index contributed by atoms with van der Waals surface area (Å²) in [6.07, 6.45) is 8.09. The van der Waals surface area contributed by atoms with Crippen molar-refractivity contribution in [3.05, 3.63) is 24.2 Å². The first kappa shape index (κ1) is 14.9. The number of hydrogen-bond acceptors (Lipinski definition) is 2. The largest absolute Gasteiger partial charge is 0.469 e. The maximum Gasteiger partial charge on any atom is 0.190 e. The van der Waals surface area contributed by atoms with Crippen molar-refractivity contribution in [2.75, 3.05) is 20.1 Å². The molecule has 20 heavy (non-hydrogen) atoms. The average molecular weight is 277 g/mol. The van der Waals surface area contributed by atoms with Crippen molar-refractivity contribution in [1.29, 1.82) is 0 Å². The lowest BCUT2D eigenvalue weighted by atomic mass is 9.80. The Hall–Kier alpha value is -1.45. The van der Waals surface area contributed by atoms with Crippen LogP contribution in [0.25, 0.3) is 0 Å². The van der Waals surface area contributed by atoms with Gasteiger partial charge in [0.1, 0.15) is 5.76 Å². The van der Waals surface area contributed by atoms with Crippen molar-refractivity contribution in [1.82, 2.24) is 10.6 Å². The topological polar surface area (TPSA) is 49.6 Å². The van der Waals surface area contributed by atoms with Crippen molar-refractivity contribution in [3.8, 4) is 0 Å². The van der Waals surface area contributed by atoms with E-state index in [1.54, 1.807) is 6.26 Å². The maximum atomic E-state index is 5.32. The van der Waals surface area contributed by atoms with Gasteiger partial charge in [-0.1, -0.05) is 26.2 Å². The highest BCUT2D eigenvalue weighted by molar-refractivity contribution is 5.79. The van der Waals surface area contributed by atoms with Crippen LogP contribution in [-0.2, 0) is 6.42 Å². The molecular formula is C16H27N3O. The summed E-state index contributed by atoms with van der Waals surface area (Å²) < 4.78 is 5.32. The van der Waals surface area contributed by atoms with Crippen molar-refractivity contribution >= 4 is 5.96 Å². The third-order valence-corrected chi connectivity index (χ3v) is 4.29. The van der Waals surface area contributed by atoms with Gasteiger partial charge in [0.25, 0.3) is 0 Å². The fraction of sp³-hybridized carbons (Fsp3) is 0.688. The Morgan fingerprint density at radius 1 is 1.35 bits per heavy atom. The fourth-order valence-electron chi connectivity index (χ4n) is 2.90. The van der Waals surface area contributed by atoms with E-state index < -0.39 is 0 Å². The molecule has 0 aromatic carbocycles. The first-order valence-corrected chi connectivity index (χ1v) is 7.76. The van der Waals surface area contributed by atoms with E-state index in [1.807, 2.05) is 19.2 Å². The van der Waals surface area contributed by atoms with Gasteiger partial charge in [0, 0.05) is 26.6 Å². The highest BCUT2D eigenvalue weighted by Crippen LogP contribution is 2.28. The molecule has 1 aliphatic carbocycles. The normalized spacial score (nSPS) is 23.6. The number of nitrogens with zero attached hydrogens (tertiary/aromatic N) is 1. The zero-order chi connectivity index (χ0) is 14.2. The van der Waals surface area contributed by atoms with Crippen LogP contribution in [0.5, 0.6) is 0 Å². The molecule has 2 unspecified atom stereocenters. The van der Waals surface area contributed by atoms with Crippen molar-refractivity contribution in [3.63, 3.8) is 0 Å². The molecule has 2 atom stereocenters. The summed E-state index contributed by atoms with van der Waals surface area (Å²) in [5, 5.41) is 6.80. The maximum absolute atomic E-state index is 5.32. The van der Waals surface area contributed by atoms with Gasteiger partial charge in [-0.25, -0.2) is 0 Å². The van der Waals surface area contributed by atoms with Gasteiger partial charge in [-0.15, -0.1) is 0 Å². The predicted octanol–water partition coefficient (Wildman–Crippen LogP) is 2.81. The molecule has 0 amide bonds. The second-order valence-electron chi connectivity index (χ2n) is 5.73. The Balaban J connectivity index is 1.67. The molecule has 0 saturated heterocycles. The lowest BCUT2D eigenvalue weighted by Crippen LogP contribution is -2.42. The van der Waals surface area contributed by atoms with Crippen LogP contribution in [0, 0.1) is 11.8 Å². The number of guanidine groups is 1. The van der Waals surface area contributed by atoms with E-state index in [1.165, 1.54) is 25.7 Å². The average Bonchev–Trinajstić information content (AvgIpc) is 2.97. The molecule has 1 saturated carbocycles. The summed E-state index contributed by atoms with van der Waals surface area (Å²) in [5.74, 6) is 3.52. The summed E-state index contributed by atoms with van der Waals surface area (Å²) in [6.45, 7) is 4.24. The molecule has 112 valence electrons. The minimum Gasteiger partial charge on any atom is -0.469 e. The lowest BCUT2D eigenvalue weighted by molar-refractivity contribution is 0.256. The monoisotopic (exact) mass is 277 g/mol. The van der Waals surface area contributed by atoms with Crippen LogP contribution in [0.4, 0.5) is 0 Å². The van der Waals surface area contributed by atoms with E-state index in [9.17, 15) is 0 Å². The Labute approximate surface area is 122 Å². The molecule has 1 heterocycles. The van der Waals surface area contributed by atoms with Gasteiger partial charge in [-0.05, 0) is 30.4 Å². The van der Waals surface area contributed by atoms with Crippen LogP contribution >= 0.6 is 0 Å². The van der Waals surface area contributed by atoms with Gasteiger partial charge in [0.15, 0.2) is 5.96 Å². The van der Waals surface area contributed by atoms with E-state index in [4.69, 9.17) is 4.42 Å². The van der Waals surface area contributed by atoms with Crippen LogP contribution in [0.15, 0.2) is 27.8 Å². The molecule has 2 N–H and O–H groups in total. The fourth-order valence-corrected chi connectivity index (χ4v) is 2.90. The van der Waals surface area contributed by atoms with E-state index in [0.29, 0.717) is 0 Å². The highest BCUT2D eigenvalue weighted by Gasteiger charge is 2.21. The van der Waals surface area contributed by atoms with Gasteiger partial charge < -0.3 is 15.1 Å². The molecule has 0 bridgehead atoms. The molecule has 1 aromatic rings. The molecule has 1 fully saturated rings. The van der Waals surface area contributed by atoms with Gasteiger partial charge in [0.2, 0.25) is 0 Å². The van der Waals surface area contributed by atoms with Crippen LogP contribution in [0.2, 0.25) is 0 Å². The molecule has 4 heteroatoms. The summed E-state index contributed by atoms with van der Waals surface area (Å²) in [6, 6.07) is 3.93. The highest BCUT2D eigenvalue weighted by atomic mass is 16.3. The van der Waals surface area contributed by atoms with Crippen molar-refractivity contribution < 1.29 is 4.42 Å². The zero-order valence-electron chi connectivity index (χ0n) is 12.7. The molecule has 0 radical (unpaired) electrons. The smallest absolute Gasteiger partial charge is 0.190 e. The Morgan fingerprint density at radius 3 is 2.90 bits per heavy atom. The van der Waals surface area contributed by atoms with Crippen molar-refractivity contribution in [2.24, 2.45) is 16.8 Å². The first-order chi connectivity index (χ1) is 9.79. The van der Waals surface area contributed by atoms with Crippen molar-refractivity contribution in [2.45, 2.75) is 39.0 Å². The second-order valence-corrected chi connectivity index (χ2v) is 5.73. The van der Waals surface area contributed by atoms with E-state index >= 15 is 0 Å². The number of aliphatic imine (C=N–C) groups is 1. The molecule has 0 aliphatic heterocycles. The molecular weight excluding hydrogens is 250 g/mol. The third kappa shape index (κ3) is 4.58. The van der Waals surface area contributed by atoms with E-state index in [0.717, 1.165) is 43.1 Å². The second kappa shape index (κ2) is 7.98. The molecule has 1 aromatic heterocycles.